The number of β-lactam (4-membered cyclic amide) rings is 1. The molecule has 0 spiro atoms. The van der Waals surface area contributed by atoms with Crippen LogP contribution < -0.4 is 5.32 Å². The van der Waals surface area contributed by atoms with E-state index in [1.54, 1.807) is 0 Å². The lowest BCUT2D eigenvalue weighted by Gasteiger charge is -2.48. The van der Waals surface area contributed by atoms with E-state index in [0.29, 0.717) is 5.56 Å². The van der Waals surface area contributed by atoms with Crippen LogP contribution in [0.4, 0.5) is 5.69 Å². The predicted octanol–water partition coefficient (Wildman–Crippen LogP) is 2.60. The number of benzene rings is 2. The molecule has 0 bridgehead atoms. The zero-order valence-corrected chi connectivity index (χ0v) is 19.2. The fraction of sp³-hybridized carbons (Fsp3) is 0.227. The van der Waals surface area contributed by atoms with E-state index in [0.717, 1.165) is 9.80 Å². The van der Waals surface area contributed by atoms with Crippen LogP contribution in [0, 0.1) is 10.1 Å². The normalized spacial score (nSPS) is 19.2. The SMILES string of the molecule is O=C(CSc1ccccc1)NC1C(=O)N2C(C(=O)OCc3ccc([N+](=O)[O-])cc3)=C(O)CS[C@@H]12. The Hall–Kier alpha value is -3.51. The maximum Gasteiger partial charge on any atom is 0.358 e. The van der Waals surface area contributed by atoms with E-state index < -0.39 is 28.2 Å². The highest BCUT2D eigenvalue weighted by atomic mass is 32.2. The largest absolute Gasteiger partial charge is 0.509 e. The van der Waals surface area contributed by atoms with Crippen LogP contribution in [0.25, 0.3) is 0 Å². The molecule has 1 unspecified atom stereocenters. The Morgan fingerprint density at radius 2 is 1.91 bits per heavy atom. The summed E-state index contributed by atoms with van der Waals surface area (Å²) >= 11 is 2.58. The molecule has 2 amide bonds. The lowest BCUT2D eigenvalue weighted by Crippen LogP contribution is -2.70. The van der Waals surface area contributed by atoms with Crippen molar-refractivity contribution in [3.05, 3.63) is 81.7 Å². The number of esters is 1. The minimum absolute atomic E-state index is 0.0849. The third-order valence-corrected chi connectivity index (χ3v) is 7.36. The minimum Gasteiger partial charge on any atom is -0.509 e. The topological polar surface area (TPSA) is 139 Å². The van der Waals surface area contributed by atoms with Crippen LogP contribution in [0.5, 0.6) is 0 Å². The van der Waals surface area contributed by atoms with Gasteiger partial charge in [0, 0.05) is 17.0 Å². The van der Waals surface area contributed by atoms with E-state index in [-0.39, 0.29) is 41.2 Å². The molecule has 0 aromatic heterocycles. The standard InChI is InChI=1S/C22H19N3O7S2/c26-16-11-34-21-18(23-17(27)12-33-15-4-2-1-3-5-15)20(28)24(21)19(16)22(29)32-10-13-6-8-14(9-7-13)25(30)31/h1-9,18,21,26H,10-12H2,(H,23,27)/t18?,21-/m0/s1. The van der Waals surface area contributed by atoms with Gasteiger partial charge in [0.2, 0.25) is 5.91 Å². The quantitative estimate of drug-likeness (QED) is 0.184. The van der Waals surface area contributed by atoms with E-state index in [4.69, 9.17) is 4.74 Å². The summed E-state index contributed by atoms with van der Waals surface area (Å²) in [5.74, 6) is -1.78. The molecule has 2 atom stereocenters. The van der Waals surface area contributed by atoms with Crippen molar-refractivity contribution in [3.8, 4) is 0 Å². The number of fused-ring (bicyclic) bond motifs is 1. The second-order valence-corrected chi connectivity index (χ2v) is 9.51. The average molecular weight is 502 g/mol. The van der Waals surface area contributed by atoms with Crippen LogP contribution in [0.3, 0.4) is 0 Å². The molecule has 10 nitrogen and oxygen atoms in total. The molecule has 2 aromatic carbocycles. The number of carbonyl (C=O) groups excluding carboxylic acids is 3. The number of nitro groups is 1. The number of amides is 2. The molecule has 34 heavy (non-hydrogen) atoms. The van der Waals surface area contributed by atoms with Crippen molar-refractivity contribution in [2.24, 2.45) is 0 Å². The maximum absolute atomic E-state index is 12.7. The van der Waals surface area contributed by atoms with Crippen LogP contribution in [0.15, 0.2) is 70.9 Å². The van der Waals surface area contributed by atoms with Gasteiger partial charge in [-0.05, 0) is 29.8 Å². The van der Waals surface area contributed by atoms with E-state index >= 15 is 0 Å². The summed E-state index contributed by atoms with van der Waals surface area (Å²) in [6.45, 7) is -0.190. The number of nitrogens with zero attached hydrogens (tertiary/aromatic N) is 2. The number of carbonyl (C=O) groups is 3. The fourth-order valence-corrected chi connectivity index (χ4v) is 5.34. The summed E-state index contributed by atoms with van der Waals surface area (Å²) in [5.41, 5.74) is 0.167. The molecule has 0 saturated carbocycles. The van der Waals surface area contributed by atoms with E-state index in [9.17, 15) is 29.6 Å². The maximum atomic E-state index is 12.7. The molecule has 0 aliphatic carbocycles. The highest BCUT2D eigenvalue weighted by molar-refractivity contribution is 8.00. The van der Waals surface area contributed by atoms with Crippen molar-refractivity contribution < 1.29 is 29.2 Å². The number of nitro benzene ring substituents is 1. The lowest BCUT2D eigenvalue weighted by molar-refractivity contribution is -0.384. The second kappa shape index (κ2) is 10.2. The second-order valence-electron chi connectivity index (χ2n) is 7.35. The number of hydrogen-bond acceptors (Lipinski definition) is 9. The van der Waals surface area contributed by atoms with E-state index in [1.165, 1.54) is 47.8 Å². The first kappa shape index (κ1) is 23.6. The van der Waals surface area contributed by atoms with Crippen molar-refractivity contribution in [3.63, 3.8) is 0 Å². The Bertz CT molecular complexity index is 1150. The molecule has 0 radical (unpaired) electrons. The van der Waals surface area contributed by atoms with Crippen LogP contribution in [0.2, 0.25) is 0 Å². The van der Waals surface area contributed by atoms with Gasteiger partial charge in [-0.25, -0.2) is 4.79 Å². The molecule has 2 N–H and O–H groups in total. The van der Waals surface area contributed by atoms with Gasteiger partial charge in [-0.3, -0.25) is 24.6 Å². The lowest BCUT2D eigenvalue weighted by atomic mass is 10.0. The summed E-state index contributed by atoms with van der Waals surface area (Å²) < 4.78 is 5.22. The fourth-order valence-electron chi connectivity index (χ4n) is 3.41. The number of nitrogens with one attached hydrogen (secondary N) is 1. The van der Waals surface area contributed by atoms with E-state index in [2.05, 4.69) is 5.32 Å². The third kappa shape index (κ3) is 5.02. The average Bonchev–Trinajstić information content (AvgIpc) is 2.85. The van der Waals surface area contributed by atoms with Crippen LogP contribution in [-0.4, -0.2) is 55.6 Å². The van der Waals surface area contributed by atoms with Crippen molar-refractivity contribution in [2.75, 3.05) is 11.5 Å². The monoisotopic (exact) mass is 501 g/mol. The summed E-state index contributed by atoms with van der Waals surface area (Å²) in [6, 6.07) is 14.1. The first-order chi connectivity index (χ1) is 16.3. The van der Waals surface area contributed by atoms with Gasteiger partial charge < -0.3 is 15.2 Å². The zero-order valence-electron chi connectivity index (χ0n) is 17.6. The first-order valence-corrected chi connectivity index (χ1v) is 12.1. The van der Waals surface area contributed by atoms with Crippen molar-refractivity contribution in [1.29, 1.82) is 0 Å². The molecular formula is C22H19N3O7S2. The van der Waals surface area contributed by atoms with Gasteiger partial charge in [0.1, 0.15) is 23.8 Å². The van der Waals surface area contributed by atoms with Gasteiger partial charge in [-0.2, -0.15) is 0 Å². The van der Waals surface area contributed by atoms with E-state index in [1.807, 2.05) is 30.3 Å². The number of aliphatic hydroxyl groups excluding tert-OH is 1. The number of thioether (sulfide) groups is 2. The molecule has 2 aromatic rings. The summed E-state index contributed by atoms with van der Waals surface area (Å²) in [5, 5.41) is 23.2. The number of rotatable bonds is 8. The number of non-ortho nitro benzene ring substituents is 1. The molecule has 2 heterocycles. The number of ether oxygens (including phenoxy) is 1. The van der Waals surface area contributed by atoms with Gasteiger partial charge in [-0.15, -0.1) is 23.5 Å². The Morgan fingerprint density at radius 3 is 2.59 bits per heavy atom. The highest BCUT2D eigenvalue weighted by Crippen LogP contribution is 2.40. The van der Waals surface area contributed by atoms with Gasteiger partial charge in [0.05, 0.1) is 16.4 Å². The Labute approximate surface area is 202 Å². The predicted molar refractivity (Wildman–Crippen MR) is 125 cm³/mol. The van der Waals surface area contributed by atoms with Crippen LogP contribution >= 0.6 is 23.5 Å². The number of hydrogen-bond donors (Lipinski definition) is 2. The third-order valence-electron chi connectivity index (χ3n) is 5.09. The summed E-state index contributed by atoms with van der Waals surface area (Å²) in [4.78, 5) is 50.0. The molecule has 1 fully saturated rings. The van der Waals surface area contributed by atoms with Crippen molar-refractivity contribution >= 4 is 47.0 Å². The molecule has 12 heteroatoms. The zero-order chi connectivity index (χ0) is 24.2. The van der Waals surface area contributed by atoms with Crippen LogP contribution in [0.1, 0.15) is 5.56 Å². The highest BCUT2D eigenvalue weighted by Gasteiger charge is 2.54. The van der Waals surface area contributed by atoms with Gasteiger partial charge in [0.15, 0.2) is 5.70 Å². The molecule has 1 saturated heterocycles. The van der Waals surface area contributed by atoms with Crippen molar-refractivity contribution in [2.45, 2.75) is 22.9 Å². The summed E-state index contributed by atoms with van der Waals surface area (Å²) in [7, 11) is 0. The molecule has 176 valence electrons. The molecule has 2 aliphatic heterocycles. The molecular weight excluding hydrogens is 482 g/mol. The Morgan fingerprint density at radius 1 is 1.21 bits per heavy atom. The molecule has 2 aliphatic rings. The number of aliphatic hydroxyl groups is 1. The molecule has 4 rings (SSSR count). The Balaban J connectivity index is 1.34. The minimum atomic E-state index is -0.890. The first-order valence-electron chi connectivity index (χ1n) is 10.1. The van der Waals surface area contributed by atoms with Crippen molar-refractivity contribution in [1.82, 2.24) is 10.2 Å². The smallest absolute Gasteiger partial charge is 0.358 e. The van der Waals surface area contributed by atoms with Gasteiger partial charge in [-0.1, -0.05) is 18.2 Å². The Kier molecular flexibility index (Phi) is 7.08. The van der Waals surface area contributed by atoms with Gasteiger partial charge >= 0.3 is 5.97 Å². The van der Waals surface area contributed by atoms with Crippen LogP contribution in [-0.2, 0) is 25.7 Å². The summed E-state index contributed by atoms with van der Waals surface area (Å²) in [6.07, 6.45) is 0. The van der Waals surface area contributed by atoms with Gasteiger partial charge in [0.25, 0.3) is 11.6 Å².